The van der Waals surface area contributed by atoms with Crippen LogP contribution >= 0.6 is 0 Å². The number of nitrogens with zero attached hydrogens (tertiary/aromatic N) is 2. The zero-order valence-corrected chi connectivity index (χ0v) is 17.2. The fourth-order valence-corrected chi connectivity index (χ4v) is 5.86. The number of sulfonamides is 1. The van der Waals surface area contributed by atoms with Crippen molar-refractivity contribution in [3.63, 3.8) is 0 Å². The smallest absolute Gasteiger partial charge is 0.227 e. The Morgan fingerprint density at radius 1 is 1.07 bits per heavy atom. The van der Waals surface area contributed by atoms with E-state index >= 15 is 0 Å². The Labute approximate surface area is 163 Å². The van der Waals surface area contributed by atoms with Crippen molar-refractivity contribution in [2.45, 2.75) is 45.4 Å². The highest BCUT2D eigenvalue weighted by Crippen LogP contribution is 2.24. The molecule has 0 N–H and O–H groups in total. The lowest BCUT2D eigenvalue weighted by molar-refractivity contribution is -0.138. The summed E-state index contributed by atoms with van der Waals surface area (Å²) in [6.45, 7) is 4.73. The molecule has 6 heteroatoms. The molecule has 5 nitrogen and oxygen atoms in total. The summed E-state index contributed by atoms with van der Waals surface area (Å²) in [6.07, 6.45) is 5.20. The van der Waals surface area contributed by atoms with Gasteiger partial charge in [0.25, 0.3) is 0 Å². The Bertz CT molecular complexity index is 720. The van der Waals surface area contributed by atoms with Crippen LogP contribution in [0.25, 0.3) is 0 Å². The van der Waals surface area contributed by atoms with E-state index in [2.05, 4.69) is 6.92 Å². The molecule has 0 aliphatic carbocycles. The van der Waals surface area contributed by atoms with Gasteiger partial charge in [-0.25, -0.2) is 12.7 Å². The van der Waals surface area contributed by atoms with Gasteiger partial charge >= 0.3 is 0 Å². The van der Waals surface area contributed by atoms with Crippen molar-refractivity contribution >= 4 is 15.9 Å². The van der Waals surface area contributed by atoms with Gasteiger partial charge < -0.3 is 4.90 Å². The van der Waals surface area contributed by atoms with Crippen molar-refractivity contribution < 1.29 is 13.2 Å². The minimum atomic E-state index is -3.30. The highest BCUT2D eigenvalue weighted by atomic mass is 32.2. The molecule has 1 aromatic carbocycles. The Kier molecular flexibility index (Phi) is 6.93. The number of carbonyl (C=O) groups is 1. The van der Waals surface area contributed by atoms with E-state index < -0.39 is 10.0 Å². The lowest BCUT2D eigenvalue weighted by atomic mass is 9.94. The predicted molar refractivity (Wildman–Crippen MR) is 108 cm³/mol. The SMILES string of the molecule is C[C@@H]1CCCN(C(=O)[C@H]2CCCN(S(=O)(=O)CCCc3ccccc3)C2)C1. The van der Waals surface area contributed by atoms with Crippen molar-refractivity contribution in [1.29, 1.82) is 0 Å². The third-order valence-corrected chi connectivity index (χ3v) is 7.73. The minimum absolute atomic E-state index is 0.156. The van der Waals surface area contributed by atoms with E-state index in [1.807, 2.05) is 35.2 Å². The van der Waals surface area contributed by atoms with Gasteiger partial charge in [-0.05, 0) is 50.0 Å². The molecule has 2 heterocycles. The van der Waals surface area contributed by atoms with Crippen LogP contribution < -0.4 is 0 Å². The molecule has 3 rings (SSSR count). The summed E-state index contributed by atoms with van der Waals surface area (Å²) in [4.78, 5) is 14.8. The number of benzene rings is 1. The van der Waals surface area contributed by atoms with Crippen molar-refractivity contribution in [1.82, 2.24) is 9.21 Å². The molecular weight excluding hydrogens is 360 g/mol. The molecule has 0 saturated carbocycles. The molecule has 0 unspecified atom stereocenters. The molecule has 0 radical (unpaired) electrons. The number of likely N-dealkylation sites (tertiary alicyclic amines) is 1. The molecule has 0 bridgehead atoms. The van der Waals surface area contributed by atoms with Crippen molar-refractivity contribution in [3.05, 3.63) is 35.9 Å². The van der Waals surface area contributed by atoms with Gasteiger partial charge in [-0.15, -0.1) is 0 Å². The highest BCUT2D eigenvalue weighted by molar-refractivity contribution is 7.89. The number of aryl methyl sites for hydroxylation is 1. The van der Waals surface area contributed by atoms with E-state index in [0.29, 0.717) is 25.4 Å². The van der Waals surface area contributed by atoms with E-state index in [1.54, 1.807) is 4.31 Å². The molecule has 1 amide bonds. The van der Waals surface area contributed by atoms with Gasteiger partial charge in [0.2, 0.25) is 15.9 Å². The summed E-state index contributed by atoms with van der Waals surface area (Å²) in [5.41, 5.74) is 1.17. The number of carbonyl (C=O) groups excluding carboxylic acids is 1. The molecule has 0 spiro atoms. The first-order chi connectivity index (χ1) is 13.0. The van der Waals surface area contributed by atoms with Crippen LogP contribution in [-0.4, -0.2) is 55.5 Å². The van der Waals surface area contributed by atoms with Gasteiger partial charge in [0.1, 0.15) is 0 Å². The monoisotopic (exact) mass is 392 g/mol. The Hall–Kier alpha value is -1.40. The second-order valence-electron chi connectivity index (χ2n) is 8.13. The molecule has 2 saturated heterocycles. The Morgan fingerprint density at radius 2 is 1.81 bits per heavy atom. The van der Waals surface area contributed by atoms with Crippen LogP contribution in [0.3, 0.4) is 0 Å². The summed E-state index contributed by atoms with van der Waals surface area (Å²) in [5.74, 6) is 0.687. The molecule has 2 aliphatic rings. The highest BCUT2D eigenvalue weighted by Gasteiger charge is 2.34. The number of piperidine rings is 2. The van der Waals surface area contributed by atoms with Crippen molar-refractivity contribution in [2.24, 2.45) is 11.8 Å². The maximum atomic E-state index is 12.9. The molecule has 2 atom stereocenters. The largest absolute Gasteiger partial charge is 0.342 e. The van der Waals surface area contributed by atoms with Gasteiger partial charge in [-0.2, -0.15) is 0 Å². The summed E-state index contributed by atoms with van der Waals surface area (Å²) < 4.78 is 27.1. The van der Waals surface area contributed by atoms with Crippen LogP contribution in [0.4, 0.5) is 0 Å². The first-order valence-electron chi connectivity index (χ1n) is 10.3. The van der Waals surface area contributed by atoms with Gasteiger partial charge in [0.15, 0.2) is 0 Å². The van der Waals surface area contributed by atoms with E-state index in [9.17, 15) is 13.2 Å². The summed E-state index contributed by atoms with van der Waals surface area (Å²) in [6, 6.07) is 9.98. The lowest BCUT2D eigenvalue weighted by Crippen LogP contribution is -2.49. The van der Waals surface area contributed by atoms with Crippen LogP contribution in [-0.2, 0) is 21.2 Å². The van der Waals surface area contributed by atoms with Gasteiger partial charge in [-0.1, -0.05) is 37.3 Å². The number of rotatable bonds is 6. The van der Waals surface area contributed by atoms with Crippen molar-refractivity contribution in [2.75, 3.05) is 31.9 Å². The zero-order chi connectivity index (χ0) is 19.3. The topological polar surface area (TPSA) is 57.7 Å². The number of amides is 1. The lowest BCUT2D eigenvalue weighted by Gasteiger charge is -2.37. The zero-order valence-electron chi connectivity index (χ0n) is 16.3. The van der Waals surface area contributed by atoms with Gasteiger partial charge in [-0.3, -0.25) is 4.79 Å². The summed E-state index contributed by atoms with van der Waals surface area (Å²) in [5, 5.41) is 0. The van der Waals surface area contributed by atoms with E-state index in [0.717, 1.165) is 38.8 Å². The van der Waals surface area contributed by atoms with Crippen LogP contribution in [0.5, 0.6) is 0 Å². The van der Waals surface area contributed by atoms with Gasteiger partial charge in [0, 0.05) is 26.2 Å². The Balaban J connectivity index is 1.53. The molecule has 27 heavy (non-hydrogen) atoms. The second-order valence-corrected chi connectivity index (χ2v) is 10.2. The standard InChI is InChI=1S/C21H32N2O3S/c1-18-8-5-13-22(16-18)21(24)20-12-6-14-23(17-20)27(25,26)15-7-11-19-9-3-2-4-10-19/h2-4,9-10,18,20H,5-8,11-17H2,1H3/t18-,20+/m1/s1. The van der Waals surface area contributed by atoms with Crippen molar-refractivity contribution in [3.8, 4) is 0 Å². The third kappa shape index (κ3) is 5.55. The fraction of sp³-hybridized carbons (Fsp3) is 0.667. The van der Waals surface area contributed by atoms with E-state index in [1.165, 1.54) is 12.0 Å². The van der Waals surface area contributed by atoms with Crippen LogP contribution in [0.1, 0.15) is 44.6 Å². The average molecular weight is 393 g/mol. The molecule has 150 valence electrons. The summed E-state index contributed by atoms with van der Waals surface area (Å²) in [7, 11) is -3.30. The second kappa shape index (κ2) is 9.20. The first kappa shape index (κ1) is 20.3. The molecular formula is C21H32N2O3S. The number of hydrogen-bond donors (Lipinski definition) is 0. The molecule has 0 aromatic heterocycles. The number of hydrogen-bond acceptors (Lipinski definition) is 3. The molecule has 1 aromatic rings. The van der Waals surface area contributed by atoms with Crippen LogP contribution in [0.15, 0.2) is 30.3 Å². The predicted octanol–water partition coefficient (Wildman–Crippen LogP) is 2.92. The molecule has 2 aliphatic heterocycles. The third-order valence-electron chi connectivity index (χ3n) is 5.81. The van der Waals surface area contributed by atoms with Crippen LogP contribution in [0, 0.1) is 11.8 Å². The summed E-state index contributed by atoms with van der Waals surface area (Å²) >= 11 is 0. The first-order valence-corrected chi connectivity index (χ1v) is 11.9. The Morgan fingerprint density at radius 3 is 2.56 bits per heavy atom. The maximum Gasteiger partial charge on any atom is 0.227 e. The maximum absolute atomic E-state index is 12.9. The quantitative estimate of drug-likeness (QED) is 0.748. The van der Waals surface area contributed by atoms with E-state index in [-0.39, 0.29) is 17.6 Å². The average Bonchev–Trinajstić information content (AvgIpc) is 2.68. The normalized spacial score (nSPS) is 24.7. The molecule has 2 fully saturated rings. The fourth-order valence-electron chi connectivity index (χ4n) is 4.28. The van der Waals surface area contributed by atoms with Crippen LogP contribution in [0.2, 0.25) is 0 Å². The van der Waals surface area contributed by atoms with Gasteiger partial charge in [0.05, 0.1) is 11.7 Å². The van der Waals surface area contributed by atoms with E-state index in [4.69, 9.17) is 0 Å². The minimum Gasteiger partial charge on any atom is -0.342 e.